The van der Waals surface area contributed by atoms with Crippen LogP contribution in [-0.2, 0) is 4.74 Å². The van der Waals surface area contributed by atoms with Gasteiger partial charge in [0.25, 0.3) is 10.9 Å². The van der Waals surface area contributed by atoms with E-state index >= 15 is 0 Å². The minimum Gasteiger partial charge on any atom is -0.464 e. The summed E-state index contributed by atoms with van der Waals surface area (Å²) in [6, 6.07) is 13.6. The number of benzene rings is 1. The minimum absolute atomic E-state index is 0.191. The van der Waals surface area contributed by atoms with E-state index in [-0.39, 0.29) is 35.9 Å². The van der Waals surface area contributed by atoms with Gasteiger partial charge in [0.2, 0.25) is 0 Å². The van der Waals surface area contributed by atoms with Gasteiger partial charge in [0.1, 0.15) is 41.7 Å². The van der Waals surface area contributed by atoms with Gasteiger partial charge in [-0.1, -0.05) is 63.0 Å². The Morgan fingerprint density at radius 3 is 2.33 bits per heavy atom. The Morgan fingerprint density at radius 1 is 1.02 bits per heavy atom. The van der Waals surface area contributed by atoms with Crippen molar-refractivity contribution in [1.29, 1.82) is 0 Å². The number of anilines is 4. The molecule has 2 aromatic heterocycles. The Kier molecular flexibility index (Phi) is 11.5. The topological polar surface area (TPSA) is 123 Å². The number of likely N-dealkylation sites (tertiary alicyclic amines) is 1. The predicted octanol–water partition coefficient (Wildman–Crippen LogP) is 6.86. The average Bonchev–Trinajstić information content (AvgIpc) is 3.55. The molecule has 4 heterocycles. The van der Waals surface area contributed by atoms with Gasteiger partial charge in [0.05, 0.1) is 22.9 Å². The van der Waals surface area contributed by atoms with Gasteiger partial charge < -0.3 is 29.8 Å². The summed E-state index contributed by atoms with van der Waals surface area (Å²) in [6.07, 6.45) is 4.34. The number of piperidine rings is 1. The summed E-state index contributed by atoms with van der Waals surface area (Å²) in [6.45, 7) is 14.1. The lowest BCUT2D eigenvalue weighted by molar-refractivity contribution is -0.131. The van der Waals surface area contributed by atoms with Crippen molar-refractivity contribution in [3.05, 3.63) is 96.2 Å². The quantitative estimate of drug-likeness (QED) is 0.104. The first kappa shape index (κ1) is 37.3. The molecule has 0 radical (unpaired) electrons. The van der Waals surface area contributed by atoms with Gasteiger partial charge in [-0.05, 0) is 67.5 Å². The molecule has 2 saturated heterocycles. The number of aliphatic hydroxyl groups is 1. The summed E-state index contributed by atoms with van der Waals surface area (Å²) >= 11 is 12.9. The van der Waals surface area contributed by atoms with E-state index in [1.54, 1.807) is 12.3 Å². The van der Waals surface area contributed by atoms with E-state index in [1.807, 2.05) is 64.1 Å². The van der Waals surface area contributed by atoms with Gasteiger partial charge in [0, 0.05) is 49.8 Å². The maximum atomic E-state index is 12.7. The van der Waals surface area contributed by atoms with Crippen LogP contribution in [0.2, 0.25) is 10.0 Å². The molecule has 274 valence electrons. The van der Waals surface area contributed by atoms with Gasteiger partial charge in [0.15, 0.2) is 0 Å². The van der Waals surface area contributed by atoms with Gasteiger partial charge in [-0.25, -0.2) is 4.98 Å². The Labute approximate surface area is 309 Å². The summed E-state index contributed by atoms with van der Waals surface area (Å²) in [5.74, 6) is 2.16. The monoisotopic (exact) mass is 738 g/mol. The Hall–Kier alpha value is -3.45. The fraction of sp³-hybridized carbons (Fsp3) is 0.500. The van der Waals surface area contributed by atoms with Crippen LogP contribution in [0.5, 0.6) is 0 Å². The number of aryl methyl sites for hydroxylation is 1. The number of nitrogens with zero attached hydrogens (tertiary/aromatic N) is 4. The number of pyridine rings is 1. The number of aliphatic hydroxyl groups excluding tert-OH is 1. The van der Waals surface area contributed by atoms with Crippen LogP contribution in [0.15, 0.2) is 62.7 Å². The fourth-order valence-corrected chi connectivity index (χ4v) is 7.87. The first-order valence-corrected chi connectivity index (χ1v) is 18.4. The van der Waals surface area contributed by atoms with E-state index in [0.717, 1.165) is 63.3 Å². The van der Waals surface area contributed by atoms with Crippen molar-refractivity contribution in [2.45, 2.75) is 78.2 Å². The molecule has 2 fully saturated rings. The molecule has 51 heavy (non-hydrogen) atoms. The SMILES string of the molecule is CCC1CN(c2ncc(Nc3c(N[C@@H](c4ccc(C)o4)C(C)(C)C)c(=O)c3=O)cc2Cl)CCN1C1CCN(C(OCO)c2ccc(Cl)cc2)CC1. The molecule has 0 amide bonds. The Balaban J connectivity index is 1.09. The van der Waals surface area contributed by atoms with Crippen LogP contribution < -0.4 is 26.4 Å². The summed E-state index contributed by atoms with van der Waals surface area (Å²) in [7, 11) is 0. The van der Waals surface area contributed by atoms with Crippen molar-refractivity contribution >= 4 is 46.1 Å². The average molecular weight is 740 g/mol. The molecule has 6 rings (SSSR count). The highest BCUT2D eigenvalue weighted by atomic mass is 35.5. The van der Waals surface area contributed by atoms with Gasteiger partial charge in [-0.15, -0.1) is 0 Å². The molecule has 0 aliphatic carbocycles. The molecule has 4 aromatic rings. The second-order valence-corrected chi connectivity index (χ2v) is 15.5. The van der Waals surface area contributed by atoms with Crippen molar-refractivity contribution in [1.82, 2.24) is 14.8 Å². The summed E-state index contributed by atoms with van der Waals surface area (Å²) < 4.78 is 11.6. The number of rotatable bonds is 12. The van der Waals surface area contributed by atoms with E-state index in [2.05, 4.69) is 32.3 Å². The van der Waals surface area contributed by atoms with Crippen LogP contribution >= 0.6 is 23.2 Å². The van der Waals surface area contributed by atoms with Gasteiger partial charge in [-0.2, -0.15) is 0 Å². The van der Waals surface area contributed by atoms with E-state index in [0.29, 0.717) is 39.4 Å². The number of furan rings is 1. The predicted molar refractivity (Wildman–Crippen MR) is 203 cm³/mol. The summed E-state index contributed by atoms with van der Waals surface area (Å²) in [5.41, 5.74) is 0.463. The molecule has 2 aliphatic rings. The molecule has 11 nitrogen and oxygen atoms in total. The second-order valence-electron chi connectivity index (χ2n) is 14.7. The maximum absolute atomic E-state index is 12.7. The number of hydrogen-bond donors (Lipinski definition) is 3. The molecular weight excluding hydrogens is 691 g/mol. The third kappa shape index (κ3) is 8.14. The molecule has 2 aromatic carbocycles. The van der Waals surface area contributed by atoms with E-state index < -0.39 is 10.9 Å². The maximum Gasteiger partial charge on any atom is 0.253 e. The number of ether oxygens (including phenoxy) is 1. The van der Waals surface area contributed by atoms with Gasteiger partial charge in [-0.3, -0.25) is 19.4 Å². The van der Waals surface area contributed by atoms with Crippen LogP contribution in [0.4, 0.5) is 22.9 Å². The van der Waals surface area contributed by atoms with Crippen LogP contribution in [0, 0.1) is 12.3 Å². The number of halogens is 2. The zero-order chi connectivity index (χ0) is 36.4. The molecule has 0 spiro atoms. The third-order valence-corrected chi connectivity index (χ3v) is 10.7. The lowest BCUT2D eigenvalue weighted by Crippen LogP contribution is -2.58. The van der Waals surface area contributed by atoms with E-state index in [1.165, 1.54) is 0 Å². The molecule has 0 saturated carbocycles. The highest BCUT2D eigenvalue weighted by molar-refractivity contribution is 6.33. The molecular formula is C38H48Cl2N6O5. The van der Waals surface area contributed by atoms with Crippen LogP contribution in [0.1, 0.15) is 76.3 Å². The molecule has 2 unspecified atom stereocenters. The third-order valence-electron chi connectivity index (χ3n) is 10.2. The smallest absolute Gasteiger partial charge is 0.253 e. The molecule has 3 N–H and O–H groups in total. The largest absolute Gasteiger partial charge is 0.464 e. The van der Waals surface area contributed by atoms with Crippen molar-refractivity contribution < 1.29 is 14.3 Å². The lowest BCUT2D eigenvalue weighted by Gasteiger charge is -2.48. The molecule has 2 aliphatic heterocycles. The number of aromatic nitrogens is 1. The van der Waals surface area contributed by atoms with Crippen LogP contribution in [0.25, 0.3) is 0 Å². The lowest BCUT2D eigenvalue weighted by atomic mass is 9.85. The van der Waals surface area contributed by atoms with Crippen molar-refractivity contribution in [2.24, 2.45) is 5.41 Å². The molecule has 13 heteroatoms. The van der Waals surface area contributed by atoms with Gasteiger partial charge >= 0.3 is 0 Å². The zero-order valence-corrected chi connectivity index (χ0v) is 31.4. The summed E-state index contributed by atoms with van der Waals surface area (Å²) in [5, 5.41) is 17.1. The normalized spacial score (nSPS) is 19.4. The molecule has 3 atom stereocenters. The van der Waals surface area contributed by atoms with Crippen LogP contribution in [0.3, 0.4) is 0 Å². The first-order chi connectivity index (χ1) is 24.4. The zero-order valence-electron chi connectivity index (χ0n) is 29.9. The Bertz CT molecular complexity index is 1860. The highest BCUT2D eigenvalue weighted by Crippen LogP contribution is 2.38. The highest BCUT2D eigenvalue weighted by Gasteiger charge is 2.36. The Morgan fingerprint density at radius 2 is 1.73 bits per heavy atom. The summed E-state index contributed by atoms with van der Waals surface area (Å²) in [4.78, 5) is 37.3. The van der Waals surface area contributed by atoms with E-state index in [4.69, 9.17) is 37.3 Å². The van der Waals surface area contributed by atoms with Crippen LogP contribution in [-0.4, -0.2) is 71.5 Å². The number of nitrogens with one attached hydrogen (secondary N) is 2. The second kappa shape index (κ2) is 15.7. The van der Waals surface area contributed by atoms with Crippen molar-refractivity contribution in [3.63, 3.8) is 0 Å². The van der Waals surface area contributed by atoms with Crippen molar-refractivity contribution in [2.75, 3.05) is 55.1 Å². The van der Waals surface area contributed by atoms with E-state index in [9.17, 15) is 14.7 Å². The standard InChI is InChI=1S/C38H48Cl2N6O5/c1-6-27-21-45(17-18-46(27)28-13-15-44(16-14-28)37(50-22-47)24-8-10-25(39)11-9-24)36-29(40)19-26(20-41-36)42-31-32(34(49)33(31)48)43-35(38(3,4)5)30-12-7-23(2)51-30/h7-12,19-20,27-28,35,37,42-43,47H,6,13-18,21-22H2,1-5H3/t27?,35-,37?/m0/s1. The number of hydrogen-bond acceptors (Lipinski definition) is 11. The first-order valence-electron chi connectivity index (χ1n) is 17.7. The number of piperazine rings is 1. The minimum atomic E-state index is -0.588. The molecule has 0 bridgehead atoms. The van der Waals surface area contributed by atoms with Crippen molar-refractivity contribution in [3.8, 4) is 0 Å². The fourth-order valence-electron chi connectivity index (χ4n) is 7.46.